The van der Waals surface area contributed by atoms with E-state index in [1.165, 1.54) is 6.07 Å². The largest absolute Gasteiger partial charge is 0.507 e. The van der Waals surface area contributed by atoms with Gasteiger partial charge in [0.2, 0.25) is 0 Å². The summed E-state index contributed by atoms with van der Waals surface area (Å²) in [6.07, 6.45) is 1.50. The summed E-state index contributed by atoms with van der Waals surface area (Å²) >= 11 is 0. The van der Waals surface area contributed by atoms with Gasteiger partial charge in [0, 0.05) is 23.9 Å². The number of aliphatic carboxylic acids is 1. The molecule has 0 heterocycles. The predicted octanol–water partition coefficient (Wildman–Crippen LogP) is 2.22. The smallest absolute Gasteiger partial charge is 0.328 e. The number of hydrogen-bond donors (Lipinski definition) is 2. The van der Waals surface area contributed by atoms with Gasteiger partial charge in [-0.3, -0.25) is 15.1 Å². The van der Waals surface area contributed by atoms with Crippen molar-refractivity contribution < 1.29 is 19.9 Å². The van der Waals surface area contributed by atoms with Gasteiger partial charge < -0.3 is 10.2 Å². The van der Waals surface area contributed by atoms with Gasteiger partial charge in [-0.1, -0.05) is 13.8 Å². The van der Waals surface area contributed by atoms with Crippen LogP contribution in [0.1, 0.15) is 25.8 Å². The summed E-state index contributed by atoms with van der Waals surface area (Å²) in [6, 6.07) is 2.55. The topological polar surface area (TPSA) is 113 Å². The molecule has 1 atom stereocenters. The van der Waals surface area contributed by atoms with Crippen LogP contribution in [0.15, 0.2) is 23.2 Å². The molecule has 0 spiro atoms. The number of benzene rings is 1. The number of hydrogen-bond acceptors (Lipinski definition) is 5. The van der Waals surface area contributed by atoms with Gasteiger partial charge in [0.1, 0.15) is 11.8 Å². The standard InChI is InChI=1S/C13H16N2O5/c1-8(2)5-11(13(17)18)14-7-9-6-10(15(19)20)3-4-12(9)16/h3-4,6-8,11,16H,5H2,1-2H3,(H,17,18)/t11-/m0/s1. The summed E-state index contributed by atoms with van der Waals surface area (Å²) in [7, 11) is 0. The maximum absolute atomic E-state index is 11.0. The van der Waals surface area contributed by atoms with Crippen molar-refractivity contribution in [2.45, 2.75) is 26.3 Å². The fourth-order valence-electron chi connectivity index (χ4n) is 1.60. The molecule has 20 heavy (non-hydrogen) atoms. The minimum absolute atomic E-state index is 0.120. The Labute approximate surface area is 115 Å². The van der Waals surface area contributed by atoms with Crippen molar-refractivity contribution in [1.29, 1.82) is 0 Å². The molecule has 0 saturated heterocycles. The number of nitro groups is 1. The van der Waals surface area contributed by atoms with Crippen LogP contribution in [0.2, 0.25) is 0 Å². The molecule has 0 aromatic heterocycles. The summed E-state index contributed by atoms with van der Waals surface area (Å²) in [5, 5.41) is 29.3. The Morgan fingerprint density at radius 2 is 2.15 bits per heavy atom. The molecule has 0 unspecified atom stereocenters. The molecule has 0 bridgehead atoms. The number of carboxylic acid groups (broad SMARTS) is 1. The summed E-state index contributed by atoms with van der Waals surface area (Å²) in [6.45, 7) is 3.74. The molecule has 0 radical (unpaired) electrons. The molecule has 0 aliphatic heterocycles. The number of non-ortho nitro benzene ring substituents is 1. The Hall–Kier alpha value is -2.44. The van der Waals surface area contributed by atoms with Crippen LogP contribution in [0.3, 0.4) is 0 Å². The Kier molecular flexibility index (Phi) is 5.19. The Bertz CT molecular complexity index is 540. The molecular weight excluding hydrogens is 264 g/mol. The number of aromatic hydroxyl groups is 1. The second-order valence-electron chi connectivity index (χ2n) is 4.76. The normalized spacial score (nSPS) is 12.8. The fraction of sp³-hybridized carbons (Fsp3) is 0.385. The SMILES string of the molecule is CC(C)C[C@H](N=Cc1cc([N+](=O)[O-])ccc1O)C(=O)O. The van der Waals surface area contributed by atoms with Gasteiger partial charge >= 0.3 is 5.97 Å². The lowest BCUT2D eigenvalue weighted by molar-refractivity contribution is -0.384. The molecule has 108 valence electrons. The number of rotatable bonds is 6. The zero-order valence-electron chi connectivity index (χ0n) is 11.2. The number of nitro benzene ring substituents is 1. The zero-order chi connectivity index (χ0) is 15.3. The van der Waals surface area contributed by atoms with Gasteiger partial charge in [0.05, 0.1) is 4.92 Å². The minimum atomic E-state index is -1.07. The second-order valence-corrected chi connectivity index (χ2v) is 4.76. The van der Waals surface area contributed by atoms with Crippen molar-refractivity contribution in [3.05, 3.63) is 33.9 Å². The number of carbonyl (C=O) groups is 1. The maximum atomic E-state index is 11.0. The van der Waals surface area contributed by atoms with Crippen LogP contribution in [0.4, 0.5) is 5.69 Å². The van der Waals surface area contributed by atoms with E-state index in [-0.39, 0.29) is 22.9 Å². The summed E-state index contributed by atoms with van der Waals surface area (Å²) in [5.74, 6) is -1.11. The van der Waals surface area contributed by atoms with E-state index in [9.17, 15) is 20.0 Å². The van der Waals surface area contributed by atoms with Crippen LogP contribution in [0.5, 0.6) is 5.75 Å². The second kappa shape index (κ2) is 6.65. The van der Waals surface area contributed by atoms with Crippen molar-refractivity contribution in [3.63, 3.8) is 0 Å². The molecular formula is C13H16N2O5. The molecule has 0 aliphatic carbocycles. The van der Waals surface area contributed by atoms with Gasteiger partial charge in [0.25, 0.3) is 5.69 Å². The molecule has 1 aromatic rings. The summed E-state index contributed by atoms with van der Waals surface area (Å²) < 4.78 is 0. The highest BCUT2D eigenvalue weighted by molar-refractivity contribution is 5.86. The van der Waals surface area contributed by atoms with E-state index in [1.54, 1.807) is 0 Å². The van der Waals surface area contributed by atoms with E-state index in [4.69, 9.17) is 5.11 Å². The number of nitrogens with zero attached hydrogens (tertiary/aromatic N) is 2. The first-order valence-corrected chi connectivity index (χ1v) is 6.04. The highest BCUT2D eigenvalue weighted by atomic mass is 16.6. The lowest BCUT2D eigenvalue weighted by Gasteiger charge is -2.09. The van der Waals surface area contributed by atoms with E-state index >= 15 is 0 Å². The van der Waals surface area contributed by atoms with E-state index in [0.29, 0.717) is 6.42 Å². The van der Waals surface area contributed by atoms with Crippen molar-refractivity contribution in [1.82, 2.24) is 0 Å². The van der Waals surface area contributed by atoms with Crippen molar-refractivity contribution in [3.8, 4) is 5.75 Å². The van der Waals surface area contributed by atoms with Crippen LogP contribution in [0.25, 0.3) is 0 Å². The zero-order valence-corrected chi connectivity index (χ0v) is 11.2. The molecule has 0 saturated carbocycles. The molecule has 1 rings (SSSR count). The van der Waals surface area contributed by atoms with Crippen molar-refractivity contribution in [2.24, 2.45) is 10.9 Å². The number of phenolic OH excluding ortho intramolecular Hbond substituents is 1. The highest BCUT2D eigenvalue weighted by Gasteiger charge is 2.17. The lowest BCUT2D eigenvalue weighted by Crippen LogP contribution is -2.20. The first kappa shape index (κ1) is 15.6. The predicted molar refractivity (Wildman–Crippen MR) is 73.2 cm³/mol. The van der Waals surface area contributed by atoms with Crippen LogP contribution in [-0.4, -0.2) is 33.4 Å². The van der Waals surface area contributed by atoms with E-state index in [1.807, 2.05) is 13.8 Å². The van der Waals surface area contributed by atoms with Crippen LogP contribution < -0.4 is 0 Å². The molecule has 2 N–H and O–H groups in total. The van der Waals surface area contributed by atoms with Crippen LogP contribution in [-0.2, 0) is 4.79 Å². The molecule has 7 nitrogen and oxygen atoms in total. The average molecular weight is 280 g/mol. The molecule has 0 fully saturated rings. The average Bonchev–Trinajstić information content (AvgIpc) is 2.35. The number of phenols is 1. The molecule has 0 amide bonds. The Morgan fingerprint density at radius 3 is 2.65 bits per heavy atom. The van der Waals surface area contributed by atoms with Crippen LogP contribution in [0, 0.1) is 16.0 Å². The Morgan fingerprint density at radius 1 is 1.50 bits per heavy atom. The summed E-state index contributed by atoms with van der Waals surface area (Å²) in [5.41, 5.74) is -0.0748. The van der Waals surface area contributed by atoms with E-state index < -0.39 is 16.9 Å². The van der Waals surface area contributed by atoms with Crippen LogP contribution >= 0.6 is 0 Å². The first-order chi connectivity index (χ1) is 9.31. The molecule has 7 heteroatoms. The minimum Gasteiger partial charge on any atom is -0.507 e. The number of aliphatic imine (C=N–C) groups is 1. The first-order valence-electron chi connectivity index (χ1n) is 6.04. The molecule has 0 aliphatic rings. The third-order valence-electron chi connectivity index (χ3n) is 2.60. The third-order valence-corrected chi connectivity index (χ3v) is 2.60. The van der Waals surface area contributed by atoms with Crippen molar-refractivity contribution >= 4 is 17.9 Å². The molecule has 1 aromatic carbocycles. The van der Waals surface area contributed by atoms with Crippen molar-refractivity contribution in [2.75, 3.05) is 0 Å². The van der Waals surface area contributed by atoms with Gasteiger partial charge in [-0.25, -0.2) is 4.79 Å². The monoisotopic (exact) mass is 280 g/mol. The quantitative estimate of drug-likeness (QED) is 0.471. The Balaban J connectivity index is 3.00. The summed E-state index contributed by atoms with van der Waals surface area (Å²) in [4.78, 5) is 25.0. The lowest BCUT2D eigenvalue weighted by atomic mass is 10.0. The number of carboxylic acids is 1. The van der Waals surface area contributed by atoms with E-state index in [2.05, 4.69) is 4.99 Å². The third kappa shape index (κ3) is 4.34. The van der Waals surface area contributed by atoms with Gasteiger partial charge in [-0.2, -0.15) is 0 Å². The van der Waals surface area contributed by atoms with Gasteiger partial charge in [0.15, 0.2) is 0 Å². The van der Waals surface area contributed by atoms with E-state index in [0.717, 1.165) is 18.3 Å². The fourth-order valence-corrected chi connectivity index (χ4v) is 1.60. The van der Waals surface area contributed by atoms with Gasteiger partial charge in [-0.05, 0) is 18.4 Å². The maximum Gasteiger partial charge on any atom is 0.328 e. The van der Waals surface area contributed by atoms with Gasteiger partial charge in [-0.15, -0.1) is 0 Å². The highest BCUT2D eigenvalue weighted by Crippen LogP contribution is 2.21.